The molecule has 5 nitrogen and oxygen atoms in total. The van der Waals surface area contributed by atoms with Crippen LogP contribution in [0.15, 0.2) is 0 Å². The highest BCUT2D eigenvalue weighted by molar-refractivity contribution is 5.85. The maximum absolute atomic E-state index is 12.4. The lowest BCUT2D eigenvalue weighted by Crippen LogP contribution is -2.53. The fourth-order valence-electron chi connectivity index (χ4n) is 3.40. The SMILES string of the molecule is Cc1nn(C)c(C)c1CCNC(=O)C1CCCCC1(C)N.Cl. The standard InChI is InChI=1S/C16H28N4O.ClH/c1-11-13(12(2)20(4)19-11)8-10-18-15(21)14-7-5-6-9-16(14,3)17;/h14H,5-10,17H2,1-4H3,(H,18,21);1H. The van der Waals surface area contributed by atoms with Crippen molar-refractivity contribution in [1.29, 1.82) is 0 Å². The van der Waals surface area contributed by atoms with E-state index in [2.05, 4.69) is 17.3 Å². The van der Waals surface area contributed by atoms with Gasteiger partial charge in [-0.1, -0.05) is 12.8 Å². The van der Waals surface area contributed by atoms with E-state index in [4.69, 9.17) is 5.73 Å². The van der Waals surface area contributed by atoms with E-state index < -0.39 is 0 Å². The third kappa shape index (κ3) is 4.02. The van der Waals surface area contributed by atoms with E-state index in [0.717, 1.165) is 37.8 Å². The molecule has 2 unspecified atom stereocenters. The number of hydrogen-bond acceptors (Lipinski definition) is 3. The van der Waals surface area contributed by atoms with Gasteiger partial charge in [0.1, 0.15) is 0 Å². The first kappa shape index (κ1) is 19.0. The second-order valence-electron chi connectivity index (χ2n) is 6.62. The topological polar surface area (TPSA) is 72.9 Å². The van der Waals surface area contributed by atoms with Gasteiger partial charge in [-0.2, -0.15) is 5.10 Å². The Balaban J connectivity index is 0.00000242. The Hall–Kier alpha value is -1.07. The molecule has 0 bridgehead atoms. The zero-order valence-corrected chi connectivity index (χ0v) is 14.9. The van der Waals surface area contributed by atoms with Crippen molar-refractivity contribution in [1.82, 2.24) is 15.1 Å². The van der Waals surface area contributed by atoms with Crippen LogP contribution >= 0.6 is 12.4 Å². The fourth-order valence-corrected chi connectivity index (χ4v) is 3.40. The number of hydrogen-bond donors (Lipinski definition) is 2. The Bertz CT molecular complexity index is 524. The molecule has 1 amide bonds. The van der Waals surface area contributed by atoms with Gasteiger partial charge in [-0.15, -0.1) is 12.4 Å². The third-order valence-corrected chi connectivity index (χ3v) is 4.90. The predicted octanol–water partition coefficient (Wildman–Crippen LogP) is 2.03. The molecule has 1 saturated carbocycles. The molecule has 0 aliphatic heterocycles. The maximum atomic E-state index is 12.4. The quantitative estimate of drug-likeness (QED) is 0.888. The number of aromatic nitrogens is 2. The number of aryl methyl sites for hydroxylation is 2. The minimum absolute atomic E-state index is 0. The van der Waals surface area contributed by atoms with E-state index in [1.807, 2.05) is 25.6 Å². The first-order chi connectivity index (χ1) is 9.83. The van der Waals surface area contributed by atoms with Crippen molar-refractivity contribution in [3.8, 4) is 0 Å². The number of amides is 1. The van der Waals surface area contributed by atoms with Crippen molar-refractivity contribution in [3.05, 3.63) is 17.0 Å². The molecule has 0 spiro atoms. The first-order valence-electron chi connectivity index (χ1n) is 7.88. The summed E-state index contributed by atoms with van der Waals surface area (Å²) in [5.41, 5.74) is 9.37. The van der Waals surface area contributed by atoms with E-state index in [0.29, 0.717) is 6.54 Å². The largest absolute Gasteiger partial charge is 0.355 e. The number of carbonyl (C=O) groups excluding carboxylic acids is 1. The van der Waals surface area contributed by atoms with E-state index in [1.54, 1.807) is 0 Å². The molecule has 1 fully saturated rings. The molecule has 6 heteroatoms. The van der Waals surface area contributed by atoms with Crippen LogP contribution in [0.3, 0.4) is 0 Å². The average Bonchev–Trinajstić information content (AvgIpc) is 2.64. The Morgan fingerprint density at radius 3 is 2.68 bits per heavy atom. The Kier molecular flexibility index (Phi) is 6.44. The minimum Gasteiger partial charge on any atom is -0.355 e. The average molecular weight is 329 g/mol. The minimum atomic E-state index is -0.359. The molecule has 0 saturated heterocycles. The number of nitrogens with one attached hydrogen (secondary N) is 1. The van der Waals surface area contributed by atoms with Gasteiger partial charge >= 0.3 is 0 Å². The van der Waals surface area contributed by atoms with Crippen LogP contribution in [0, 0.1) is 19.8 Å². The normalized spacial score (nSPS) is 24.7. The number of nitrogens with zero attached hydrogens (tertiary/aromatic N) is 2. The van der Waals surface area contributed by atoms with Crippen molar-refractivity contribution < 1.29 is 4.79 Å². The van der Waals surface area contributed by atoms with Gasteiger partial charge in [0.05, 0.1) is 11.6 Å². The summed E-state index contributed by atoms with van der Waals surface area (Å²) in [5, 5.41) is 7.47. The highest BCUT2D eigenvalue weighted by Crippen LogP contribution is 2.31. The van der Waals surface area contributed by atoms with Crippen molar-refractivity contribution in [2.24, 2.45) is 18.7 Å². The highest BCUT2D eigenvalue weighted by atomic mass is 35.5. The van der Waals surface area contributed by atoms with Gasteiger partial charge in [-0.3, -0.25) is 9.48 Å². The molecule has 0 radical (unpaired) electrons. The summed E-state index contributed by atoms with van der Waals surface area (Å²) in [6.45, 7) is 6.74. The molecule has 22 heavy (non-hydrogen) atoms. The Labute approximate surface area is 139 Å². The number of nitrogens with two attached hydrogens (primary N) is 1. The summed E-state index contributed by atoms with van der Waals surface area (Å²) >= 11 is 0. The van der Waals surface area contributed by atoms with Gasteiger partial charge in [-0.25, -0.2) is 0 Å². The van der Waals surface area contributed by atoms with Gasteiger partial charge in [0.2, 0.25) is 5.91 Å². The molecule has 3 N–H and O–H groups in total. The number of halogens is 1. The van der Waals surface area contributed by atoms with Crippen molar-refractivity contribution in [2.45, 2.75) is 58.4 Å². The number of carbonyl (C=O) groups is 1. The Morgan fingerprint density at radius 1 is 1.45 bits per heavy atom. The Morgan fingerprint density at radius 2 is 2.14 bits per heavy atom. The molecular weight excluding hydrogens is 300 g/mol. The zero-order chi connectivity index (χ0) is 15.6. The van der Waals surface area contributed by atoms with E-state index in [-0.39, 0.29) is 29.8 Å². The van der Waals surface area contributed by atoms with Crippen LogP contribution < -0.4 is 11.1 Å². The van der Waals surface area contributed by atoms with E-state index >= 15 is 0 Å². The second-order valence-corrected chi connectivity index (χ2v) is 6.62. The summed E-state index contributed by atoms with van der Waals surface area (Å²) < 4.78 is 1.89. The second kappa shape index (κ2) is 7.47. The summed E-state index contributed by atoms with van der Waals surface area (Å²) in [5.74, 6) is 0.0567. The van der Waals surface area contributed by atoms with Crippen LogP contribution in [0.2, 0.25) is 0 Å². The van der Waals surface area contributed by atoms with Crippen LogP contribution in [0.5, 0.6) is 0 Å². The van der Waals surface area contributed by atoms with Gasteiger partial charge in [0.15, 0.2) is 0 Å². The van der Waals surface area contributed by atoms with E-state index in [1.165, 1.54) is 11.3 Å². The fraction of sp³-hybridized carbons (Fsp3) is 0.750. The molecule has 126 valence electrons. The summed E-state index contributed by atoms with van der Waals surface area (Å²) in [6.07, 6.45) is 4.90. The molecular formula is C16H29ClN4O. The van der Waals surface area contributed by atoms with Crippen LogP contribution in [-0.2, 0) is 18.3 Å². The molecule has 0 aromatic carbocycles. The van der Waals surface area contributed by atoms with Crippen molar-refractivity contribution in [3.63, 3.8) is 0 Å². The van der Waals surface area contributed by atoms with Crippen molar-refractivity contribution in [2.75, 3.05) is 6.54 Å². The van der Waals surface area contributed by atoms with Crippen LogP contribution in [0.1, 0.15) is 49.6 Å². The lowest BCUT2D eigenvalue weighted by molar-refractivity contribution is -0.128. The molecule has 1 aromatic rings. The zero-order valence-electron chi connectivity index (χ0n) is 14.1. The monoisotopic (exact) mass is 328 g/mol. The van der Waals surface area contributed by atoms with Crippen LogP contribution in [0.25, 0.3) is 0 Å². The van der Waals surface area contributed by atoms with E-state index in [9.17, 15) is 4.79 Å². The molecule has 1 aliphatic carbocycles. The van der Waals surface area contributed by atoms with Gasteiger partial charge in [0, 0.05) is 24.8 Å². The third-order valence-electron chi connectivity index (χ3n) is 4.90. The van der Waals surface area contributed by atoms with Crippen molar-refractivity contribution >= 4 is 18.3 Å². The summed E-state index contributed by atoms with van der Waals surface area (Å²) in [7, 11) is 1.95. The molecule has 1 heterocycles. The maximum Gasteiger partial charge on any atom is 0.224 e. The van der Waals surface area contributed by atoms with Crippen LogP contribution in [0.4, 0.5) is 0 Å². The van der Waals surface area contributed by atoms with Gasteiger partial charge in [0.25, 0.3) is 0 Å². The molecule has 2 atom stereocenters. The smallest absolute Gasteiger partial charge is 0.224 e. The summed E-state index contributed by atoms with van der Waals surface area (Å²) in [6, 6.07) is 0. The summed E-state index contributed by atoms with van der Waals surface area (Å²) in [4.78, 5) is 12.4. The predicted molar refractivity (Wildman–Crippen MR) is 91.2 cm³/mol. The van der Waals surface area contributed by atoms with Crippen LogP contribution in [-0.4, -0.2) is 27.8 Å². The number of rotatable bonds is 4. The lowest BCUT2D eigenvalue weighted by atomic mass is 9.74. The molecule has 2 rings (SSSR count). The highest BCUT2D eigenvalue weighted by Gasteiger charge is 2.37. The molecule has 1 aromatic heterocycles. The molecule has 1 aliphatic rings. The van der Waals surface area contributed by atoms with Gasteiger partial charge in [-0.05, 0) is 45.6 Å². The van der Waals surface area contributed by atoms with Gasteiger partial charge < -0.3 is 11.1 Å². The lowest BCUT2D eigenvalue weighted by Gasteiger charge is -2.37. The first-order valence-corrected chi connectivity index (χ1v) is 7.88.